The first-order chi connectivity index (χ1) is 25.9. The van der Waals surface area contributed by atoms with E-state index >= 15 is 0 Å². The van der Waals surface area contributed by atoms with Crippen molar-refractivity contribution >= 4 is 28.9 Å². The largest absolute Gasteiger partial charge is 0.453 e. The Morgan fingerprint density at radius 2 is 1.43 bits per heavy atom. The van der Waals surface area contributed by atoms with Gasteiger partial charge in [0.05, 0.1) is 43.5 Å². The Kier molecular flexibility index (Phi) is 10.2. The van der Waals surface area contributed by atoms with Crippen molar-refractivity contribution < 1.29 is 28.6 Å². The van der Waals surface area contributed by atoms with Crippen LogP contribution in [0.3, 0.4) is 0 Å². The Hall–Kier alpha value is -5.69. The second-order valence-electron chi connectivity index (χ2n) is 15.2. The molecule has 2 saturated heterocycles. The predicted molar refractivity (Wildman–Crippen MR) is 204 cm³/mol. The van der Waals surface area contributed by atoms with Gasteiger partial charge in [0, 0.05) is 12.1 Å². The van der Waals surface area contributed by atoms with Crippen molar-refractivity contribution in [1.29, 1.82) is 0 Å². The highest BCUT2D eigenvalue weighted by Crippen LogP contribution is 2.35. The summed E-state index contributed by atoms with van der Waals surface area (Å²) in [5.41, 5.74) is 5.28. The minimum Gasteiger partial charge on any atom is -0.453 e. The molecule has 0 spiro atoms. The molecule has 13 heteroatoms. The average molecular weight is 734 g/mol. The molecule has 3 aromatic carbocycles. The summed E-state index contributed by atoms with van der Waals surface area (Å²) in [4.78, 5) is 57.8. The van der Waals surface area contributed by atoms with Crippen LogP contribution in [0.25, 0.3) is 44.4 Å². The van der Waals surface area contributed by atoms with E-state index in [1.807, 2.05) is 45.7 Å². The summed E-state index contributed by atoms with van der Waals surface area (Å²) < 4.78 is 15.9. The van der Waals surface area contributed by atoms with Gasteiger partial charge in [-0.25, -0.2) is 19.6 Å². The van der Waals surface area contributed by atoms with Crippen LogP contribution in [0.5, 0.6) is 0 Å². The lowest BCUT2D eigenvalue weighted by Gasteiger charge is -2.30. The summed E-state index contributed by atoms with van der Waals surface area (Å²) in [6.45, 7) is 10.4. The van der Waals surface area contributed by atoms with Gasteiger partial charge in [-0.15, -0.1) is 0 Å². The second-order valence-corrected chi connectivity index (χ2v) is 15.2. The van der Waals surface area contributed by atoms with Gasteiger partial charge < -0.3 is 34.4 Å². The number of likely N-dealkylation sites (tertiary alicyclic amines) is 1. The number of aromatic amines is 2. The first-order valence-electron chi connectivity index (χ1n) is 18.4. The minimum absolute atomic E-state index is 0.0998. The fourth-order valence-corrected chi connectivity index (χ4v) is 7.10. The van der Waals surface area contributed by atoms with Crippen LogP contribution in [0.1, 0.15) is 71.2 Å². The number of nitrogens with one attached hydrogen (secondary N) is 3. The Balaban J connectivity index is 1.03. The summed E-state index contributed by atoms with van der Waals surface area (Å²) in [5, 5.41) is 4.90. The van der Waals surface area contributed by atoms with Gasteiger partial charge in [0.2, 0.25) is 5.91 Å². The van der Waals surface area contributed by atoms with E-state index in [4.69, 9.17) is 19.2 Å². The molecular formula is C41H47N7O6. The summed E-state index contributed by atoms with van der Waals surface area (Å²) in [7, 11) is 1.29. The number of hydrogen-bond acceptors (Lipinski definition) is 8. The molecule has 282 valence electrons. The number of imidazole rings is 2. The first kappa shape index (κ1) is 36.7. The number of fused-ring (bicyclic) bond motifs is 1. The fourth-order valence-electron chi connectivity index (χ4n) is 7.10. The van der Waals surface area contributed by atoms with E-state index in [0.29, 0.717) is 19.0 Å². The third-order valence-electron chi connectivity index (χ3n) is 9.94. The molecule has 2 aliphatic heterocycles. The lowest BCUT2D eigenvalue weighted by molar-refractivity contribution is -0.135. The third kappa shape index (κ3) is 7.67. The standard InChI is InChI=1S/C41H47N7O6/c1-24(2)35(46-39(50)52-6)38(49)47-17-7-8-33(47)36-42-21-32(45-36)30-16-15-28-18-27(13-14-29(28)19-30)25-9-11-26(12-10-25)31-20-43-37(44-31)34-22-53-23-48(34)40(51)54-41(3,4)5/h9-16,18-21,24,33-35H,7-8,17,22-23H2,1-6H3,(H,42,45)(H,43,44)(H,46,50)/t33-,34-,35-/m0/s1. The van der Waals surface area contributed by atoms with Gasteiger partial charge in [0.15, 0.2) is 0 Å². The van der Waals surface area contributed by atoms with Crippen molar-refractivity contribution in [3.8, 4) is 33.6 Å². The first-order valence-corrected chi connectivity index (χ1v) is 18.4. The number of H-pyrrole nitrogens is 2. The van der Waals surface area contributed by atoms with Gasteiger partial charge in [-0.1, -0.05) is 62.4 Å². The van der Waals surface area contributed by atoms with Crippen molar-refractivity contribution in [2.24, 2.45) is 5.92 Å². The van der Waals surface area contributed by atoms with Gasteiger partial charge in [-0.3, -0.25) is 9.69 Å². The minimum atomic E-state index is -0.682. The zero-order valence-corrected chi connectivity index (χ0v) is 31.5. The quantitative estimate of drug-likeness (QED) is 0.147. The lowest BCUT2D eigenvalue weighted by Crippen LogP contribution is -2.51. The normalized spacial score (nSPS) is 18.0. The van der Waals surface area contributed by atoms with E-state index < -0.39 is 23.8 Å². The molecule has 2 aliphatic rings. The van der Waals surface area contributed by atoms with Crippen LogP contribution in [-0.2, 0) is 19.0 Å². The molecule has 2 fully saturated rings. The van der Waals surface area contributed by atoms with E-state index in [2.05, 4.69) is 80.9 Å². The summed E-state index contributed by atoms with van der Waals surface area (Å²) in [6.07, 6.45) is 4.20. The summed E-state index contributed by atoms with van der Waals surface area (Å²) in [6, 6.07) is 19.8. The number of alkyl carbamates (subject to hydrolysis) is 1. The molecule has 2 aromatic heterocycles. The Morgan fingerprint density at radius 3 is 2.07 bits per heavy atom. The van der Waals surface area contributed by atoms with Crippen molar-refractivity contribution in [3.63, 3.8) is 0 Å². The van der Waals surface area contributed by atoms with Gasteiger partial charge in [0.25, 0.3) is 0 Å². The average Bonchev–Trinajstić information content (AvgIpc) is 3.98. The Bertz CT molecular complexity index is 2150. The monoisotopic (exact) mass is 733 g/mol. The zero-order valence-electron chi connectivity index (χ0n) is 31.5. The van der Waals surface area contributed by atoms with Crippen LogP contribution in [0, 0.1) is 5.92 Å². The molecule has 5 aromatic rings. The van der Waals surface area contributed by atoms with Crippen LogP contribution in [-0.4, -0.2) is 86.5 Å². The summed E-state index contributed by atoms with van der Waals surface area (Å²) in [5.74, 6) is 1.15. The number of amides is 3. The number of ether oxygens (including phenoxy) is 3. The zero-order chi connectivity index (χ0) is 38.1. The Labute approximate surface area is 314 Å². The summed E-state index contributed by atoms with van der Waals surface area (Å²) >= 11 is 0. The highest BCUT2D eigenvalue weighted by atomic mass is 16.6. The van der Waals surface area contributed by atoms with Gasteiger partial charge in [-0.2, -0.15) is 0 Å². The van der Waals surface area contributed by atoms with E-state index in [1.54, 1.807) is 11.1 Å². The van der Waals surface area contributed by atoms with Crippen LogP contribution in [0.4, 0.5) is 9.59 Å². The second kappa shape index (κ2) is 15.0. The number of rotatable bonds is 8. The number of carbonyl (C=O) groups excluding carboxylic acids is 3. The fraction of sp³-hybridized carbons (Fsp3) is 0.390. The highest BCUT2D eigenvalue weighted by Gasteiger charge is 2.38. The maximum absolute atomic E-state index is 13.6. The van der Waals surface area contributed by atoms with Gasteiger partial charge in [-0.05, 0) is 79.1 Å². The number of hydrogen-bond donors (Lipinski definition) is 3. The van der Waals surface area contributed by atoms with Crippen molar-refractivity contribution in [2.75, 3.05) is 27.0 Å². The van der Waals surface area contributed by atoms with E-state index in [1.165, 1.54) is 7.11 Å². The maximum atomic E-state index is 13.6. The molecule has 3 amide bonds. The van der Waals surface area contributed by atoms with Crippen LogP contribution >= 0.6 is 0 Å². The third-order valence-corrected chi connectivity index (χ3v) is 9.94. The molecule has 0 saturated carbocycles. The molecule has 54 heavy (non-hydrogen) atoms. The molecule has 0 aliphatic carbocycles. The van der Waals surface area contributed by atoms with Gasteiger partial charge >= 0.3 is 12.2 Å². The molecule has 13 nitrogen and oxygen atoms in total. The molecule has 4 heterocycles. The van der Waals surface area contributed by atoms with Crippen molar-refractivity contribution in [2.45, 2.75) is 71.2 Å². The maximum Gasteiger partial charge on any atom is 0.412 e. The number of aromatic nitrogens is 4. The van der Waals surface area contributed by atoms with Crippen LogP contribution < -0.4 is 5.32 Å². The molecular weight excluding hydrogens is 686 g/mol. The number of benzene rings is 3. The topological polar surface area (TPSA) is 155 Å². The molecule has 0 radical (unpaired) electrons. The lowest BCUT2D eigenvalue weighted by atomic mass is 9.98. The van der Waals surface area contributed by atoms with Crippen molar-refractivity contribution in [1.82, 2.24) is 35.1 Å². The van der Waals surface area contributed by atoms with E-state index in [-0.39, 0.29) is 30.6 Å². The molecule has 0 unspecified atom stereocenters. The van der Waals surface area contributed by atoms with Gasteiger partial charge in [0.1, 0.15) is 36.1 Å². The molecule has 7 rings (SSSR count). The SMILES string of the molecule is COC(=O)N[C@H](C(=O)N1CCC[C@H]1c1ncc(-c2ccc3cc(-c4ccc(-c5cnc([C@@H]6COCN6C(=O)OC(C)(C)C)[nH]5)cc4)ccc3c2)[nH]1)C(C)C. The molecule has 0 bridgehead atoms. The number of nitrogens with zero attached hydrogens (tertiary/aromatic N) is 4. The number of methoxy groups -OCH3 is 1. The Morgan fingerprint density at radius 1 is 0.833 bits per heavy atom. The van der Waals surface area contributed by atoms with Crippen LogP contribution in [0.2, 0.25) is 0 Å². The van der Waals surface area contributed by atoms with E-state index in [0.717, 1.165) is 63.1 Å². The van der Waals surface area contributed by atoms with Crippen LogP contribution in [0.15, 0.2) is 73.1 Å². The number of carbonyl (C=O) groups is 3. The van der Waals surface area contributed by atoms with E-state index in [9.17, 15) is 14.4 Å². The molecule has 3 atom stereocenters. The highest BCUT2D eigenvalue weighted by molar-refractivity contribution is 5.91. The predicted octanol–water partition coefficient (Wildman–Crippen LogP) is 7.60. The smallest absolute Gasteiger partial charge is 0.412 e. The molecule has 3 N–H and O–H groups in total. The van der Waals surface area contributed by atoms with Crippen molar-refractivity contribution in [3.05, 3.63) is 84.7 Å².